The van der Waals surface area contributed by atoms with Gasteiger partial charge in [-0.3, -0.25) is 14.6 Å². The van der Waals surface area contributed by atoms with Crippen LogP contribution in [0.25, 0.3) is 11.1 Å². The number of aromatic amines is 1. The van der Waals surface area contributed by atoms with Gasteiger partial charge in [-0.05, 0) is 24.6 Å². The lowest BCUT2D eigenvalue weighted by molar-refractivity contribution is -0.146. The van der Waals surface area contributed by atoms with Crippen molar-refractivity contribution < 1.29 is 19.1 Å². The van der Waals surface area contributed by atoms with Gasteiger partial charge in [0.25, 0.3) is 0 Å². The lowest BCUT2D eigenvalue weighted by Crippen LogP contribution is -2.33. The second kappa shape index (κ2) is 4.97. The number of carboxylic acids is 1. The molecule has 0 bridgehead atoms. The molecule has 1 heterocycles. The van der Waals surface area contributed by atoms with E-state index in [0.717, 1.165) is 5.56 Å². The number of carbonyl (C=O) groups excluding carboxylic acids is 1. The predicted molar refractivity (Wildman–Crippen MR) is 65.5 cm³/mol. The van der Waals surface area contributed by atoms with Gasteiger partial charge >= 0.3 is 11.7 Å². The van der Waals surface area contributed by atoms with Crippen molar-refractivity contribution in [2.45, 2.75) is 13.5 Å². The van der Waals surface area contributed by atoms with Gasteiger partial charge in [-0.2, -0.15) is 0 Å². The van der Waals surface area contributed by atoms with Gasteiger partial charge in [-0.1, -0.05) is 6.07 Å². The van der Waals surface area contributed by atoms with Crippen LogP contribution in [-0.2, 0) is 16.1 Å². The van der Waals surface area contributed by atoms with Crippen LogP contribution in [0.4, 0.5) is 0 Å². The molecule has 0 aliphatic heterocycles. The Morgan fingerprint density at radius 3 is 2.89 bits per heavy atom. The number of H-pyrrole nitrogens is 1. The first-order valence-electron chi connectivity index (χ1n) is 5.59. The van der Waals surface area contributed by atoms with E-state index < -0.39 is 23.6 Å². The Labute approximate surface area is 107 Å². The molecule has 0 radical (unpaired) electrons. The molecule has 7 nitrogen and oxygen atoms in total. The first-order valence-corrected chi connectivity index (χ1v) is 5.59. The second-order valence-corrected chi connectivity index (χ2v) is 4.12. The van der Waals surface area contributed by atoms with Crippen LogP contribution in [0.1, 0.15) is 12.5 Å². The molecule has 3 N–H and O–H groups in total. The molecule has 2 aromatic rings. The van der Waals surface area contributed by atoms with E-state index in [0.29, 0.717) is 11.1 Å². The summed E-state index contributed by atoms with van der Waals surface area (Å²) in [5, 5.41) is 11.2. The van der Waals surface area contributed by atoms with Gasteiger partial charge in [0.15, 0.2) is 5.58 Å². The molecule has 0 aliphatic rings. The third kappa shape index (κ3) is 2.82. The monoisotopic (exact) mass is 264 g/mol. The number of aliphatic carboxylic acids is 1. The molecular formula is C12H12N2O5. The van der Waals surface area contributed by atoms with Crippen molar-refractivity contribution in [1.82, 2.24) is 10.3 Å². The zero-order valence-electron chi connectivity index (χ0n) is 10.1. The highest BCUT2D eigenvalue weighted by Gasteiger charge is 2.19. The van der Waals surface area contributed by atoms with E-state index >= 15 is 0 Å². The average Bonchev–Trinajstić information content (AvgIpc) is 2.74. The maximum Gasteiger partial charge on any atom is 0.417 e. The summed E-state index contributed by atoms with van der Waals surface area (Å²) >= 11 is 0. The largest absolute Gasteiger partial charge is 0.481 e. The second-order valence-electron chi connectivity index (χ2n) is 4.12. The van der Waals surface area contributed by atoms with Crippen molar-refractivity contribution in [3.63, 3.8) is 0 Å². The van der Waals surface area contributed by atoms with Crippen LogP contribution < -0.4 is 11.1 Å². The molecule has 1 atom stereocenters. The van der Waals surface area contributed by atoms with Crippen molar-refractivity contribution in [2.75, 3.05) is 0 Å². The Morgan fingerprint density at radius 2 is 2.21 bits per heavy atom. The number of fused-ring (bicyclic) bond motifs is 1. The Hall–Kier alpha value is -2.57. The van der Waals surface area contributed by atoms with Crippen molar-refractivity contribution in [3.05, 3.63) is 34.3 Å². The lowest BCUT2D eigenvalue weighted by atomic mass is 10.1. The first kappa shape index (κ1) is 12.9. The Kier molecular flexibility index (Phi) is 3.37. The van der Waals surface area contributed by atoms with Crippen LogP contribution in [-0.4, -0.2) is 22.0 Å². The summed E-state index contributed by atoms with van der Waals surface area (Å²) < 4.78 is 4.84. The Morgan fingerprint density at radius 1 is 1.47 bits per heavy atom. The fourth-order valence-corrected chi connectivity index (χ4v) is 1.56. The Balaban J connectivity index is 2.07. The van der Waals surface area contributed by atoms with Crippen LogP contribution in [0.3, 0.4) is 0 Å². The summed E-state index contributed by atoms with van der Waals surface area (Å²) in [6.07, 6.45) is 0. The standard InChI is InChI=1S/C12H12N2O5/c1-6(11(16)17)10(15)13-5-7-2-3-9-8(4-7)14-12(18)19-9/h2-4,6H,5H2,1H3,(H,13,15)(H,14,18)(H,16,17). The van der Waals surface area contributed by atoms with Crippen LogP contribution in [0.15, 0.2) is 27.4 Å². The minimum absolute atomic E-state index is 0.180. The zero-order valence-corrected chi connectivity index (χ0v) is 10.1. The number of rotatable bonds is 4. The van der Waals surface area contributed by atoms with Gasteiger partial charge in [0.2, 0.25) is 5.91 Å². The zero-order chi connectivity index (χ0) is 14.0. The molecule has 1 unspecified atom stereocenters. The summed E-state index contributed by atoms with van der Waals surface area (Å²) in [6.45, 7) is 1.49. The summed E-state index contributed by atoms with van der Waals surface area (Å²) in [5.74, 6) is -3.38. The van der Waals surface area contributed by atoms with Gasteiger partial charge in [0.05, 0.1) is 5.52 Å². The number of hydrogen-bond acceptors (Lipinski definition) is 4. The van der Waals surface area contributed by atoms with Gasteiger partial charge < -0.3 is 14.8 Å². The molecule has 0 saturated carbocycles. The van der Waals surface area contributed by atoms with Gasteiger partial charge in [-0.15, -0.1) is 0 Å². The van der Waals surface area contributed by atoms with Crippen molar-refractivity contribution in [2.24, 2.45) is 5.92 Å². The molecule has 100 valence electrons. The number of hydrogen-bond donors (Lipinski definition) is 3. The third-order valence-electron chi connectivity index (χ3n) is 2.71. The molecule has 1 aromatic heterocycles. The third-order valence-corrected chi connectivity index (χ3v) is 2.71. The van der Waals surface area contributed by atoms with E-state index in [-0.39, 0.29) is 6.54 Å². The molecule has 19 heavy (non-hydrogen) atoms. The predicted octanol–water partition coefficient (Wildman–Crippen LogP) is 0.458. The number of carbonyl (C=O) groups is 2. The molecule has 7 heteroatoms. The number of aromatic nitrogens is 1. The van der Waals surface area contributed by atoms with Gasteiger partial charge in [0.1, 0.15) is 5.92 Å². The average molecular weight is 264 g/mol. The van der Waals surface area contributed by atoms with E-state index in [1.165, 1.54) is 6.92 Å². The topological polar surface area (TPSA) is 112 Å². The molecular weight excluding hydrogens is 252 g/mol. The minimum atomic E-state index is -1.17. The molecule has 0 saturated heterocycles. The van der Waals surface area contributed by atoms with E-state index in [9.17, 15) is 14.4 Å². The van der Waals surface area contributed by atoms with E-state index in [1.54, 1.807) is 18.2 Å². The van der Waals surface area contributed by atoms with Crippen LogP contribution in [0.5, 0.6) is 0 Å². The Bertz CT molecular complexity index is 685. The van der Waals surface area contributed by atoms with Crippen molar-refractivity contribution >= 4 is 23.0 Å². The molecule has 0 spiro atoms. The number of nitrogens with one attached hydrogen (secondary N) is 2. The number of oxazole rings is 1. The highest BCUT2D eigenvalue weighted by atomic mass is 16.4. The molecule has 0 fully saturated rings. The van der Waals surface area contributed by atoms with E-state index in [1.807, 2.05) is 0 Å². The quantitative estimate of drug-likeness (QED) is 0.694. The molecule has 0 aliphatic carbocycles. The fraction of sp³-hybridized carbons (Fsp3) is 0.250. The number of benzene rings is 1. The number of carboxylic acid groups (broad SMARTS) is 1. The molecule has 2 rings (SSSR count). The summed E-state index contributed by atoms with van der Waals surface area (Å²) in [4.78, 5) is 35.5. The summed E-state index contributed by atoms with van der Waals surface area (Å²) in [6, 6.07) is 4.95. The summed E-state index contributed by atoms with van der Waals surface area (Å²) in [7, 11) is 0. The fourth-order valence-electron chi connectivity index (χ4n) is 1.56. The summed E-state index contributed by atoms with van der Waals surface area (Å²) in [5.41, 5.74) is 1.69. The van der Waals surface area contributed by atoms with Crippen molar-refractivity contribution in [1.29, 1.82) is 0 Å². The van der Waals surface area contributed by atoms with E-state index in [4.69, 9.17) is 9.52 Å². The maximum atomic E-state index is 11.5. The molecule has 1 amide bonds. The van der Waals surface area contributed by atoms with Gasteiger partial charge in [-0.25, -0.2) is 4.79 Å². The maximum absolute atomic E-state index is 11.5. The van der Waals surface area contributed by atoms with Gasteiger partial charge in [0, 0.05) is 6.54 Å². The molecule has 1 aromatic carbocycles. The van der Waals surface area contributed by atoms with E-state index in [2.05, 4.69) is 10.3 Å². The highest BCUT2D eigenvalue weighted by Crippen LogP contribution is 2.12. The SMILES string of the molecule is CC(C(=O)O)C(=O)NCc1ccc2oc(=O)[nH]c2c1. The first-order chi connectivity index (χ1) is 8.97. The van der Waals surface area contributed by atoms with Crippen LogP contribution >= 0.6 is 0 Å². The normalized spacial score (nSPS) is 12.3. The number of amides is 1. The van der Waals surface area contributed by atoms with Crippen molar-refractivity contribution in [3.8, 4) is 0 Å². The lowest BCUT2D eigenvalue weighted by Gasteiger charge is -2.08. The minimum Gasteiger partial charge on any atom is -0.481 e. The van der Waals surface area contributed by atoms with Crippen LogP contribution in [0.2, 0.25) is 0 Å². The van der Waals surface area contributed by atoms with Crippen LogP contribution in [0, 0.1) is 5.92 Å². The smallest absolute Gasteiger partial charge is 0.417 e. The highest BCUT2D eigenvalue weighted by molar-refractivity contribution is 5.96.